The highest BCUT2D eigenvalue weighted by Crippen LogP contribution is 1.68. The highest BCUT2D eigenvalue weighted by Gasteiger charge is 1.97. The van der Waals surface area contributed by atoms with Crippen molar-refractivity contribution < 1.29 is 4.79 Å². The molecule has 0 unspecified atom stereocenters. The molecule has 0 saturated carbocycles. The van der Waals surface area contributed by atoms with E-state index in [2.05, 4.69) is 5.32 Å². The van der Waals surface area contributed by atoms with E-state index in [0.29, 0.717) is 19.5 Å². The highest BCUT2D eigenvalue weighted by molar-refractivity contribution is 5.46. The maximum Gasteiger partial charge on any atom is 0.207 e. The van der Waals surface area contributed by atoms with Gasteiger partial charge in [-0.05, 0) is 0 Å². The van der Waals surface area contributed by atoms with Crippen molar-refractivity contribution in [2.24, 2.45) is 11.5 Å². The number of carbonyl (C=O) groups is 1. The Morgan fingerprint density at radius 2 is 2.00 bits per heavy atom. The number of carbonyl (C=O) groups excluding carboxylic acids is 1. The highest BCUT2D eigenvalue weighted by atomic mass is 16.1. The van der Waals surface area contributed by atoms with E-state index < -0.39 is 0 Å². The summed E-state index contributed by atoms with van der Waals surface area (Å²) in [6.07, 6.45) is 0.602. The molecule has 4 nitrogen and oxygen atoms in total. The zero-order valence-electron chi connectivity index (χ0n) is 4.63. The standard InChI is InChI=1S/C4H11N3O/c5-1-4(2-6)7-3-8/h3-4H,1-2,5-6H2,(H,7,8). The lowest BCUT2D eigenvalue weighted by molar-refractivity contribution is -0.110. The third-order valence-corrected chi connectivity index (χ3v) is 0.873. The molecule has 4 heteroatoms. The molecule has 48 valence electrons. The fraction of sp³-hybridized carbons (Fsp3) is 0.750. The minimum absolute atomic E-state index is 0.0625. The molecule has 0 heterocycles. The average molecular weight is 117 g/mol. The monoisotopic (exact) mass is 117 g/mol. The number of rotatable bonds is 4. The van der Waals surface area contributed by atoms with E-state index in [1.54, 1.807) is 0 Å². The van der Waals surface area contributed by atoms with Gasteiger partial charge < -0.3 is 16.8 Å². The van der Waals surface area contributed by atoms with Crippen molar-refractivity contribution in [1.29, 1.82) is 0 Å². The first-order valence-electron chi connectivity index (χ1n) is 2.45. The van der Waals surface area contributed by atoms with Crippen LogP contribution in [0.25, 0.3) is 0 Å². The number of hydrogen-bond acceptors (Lipinski definition) is 3. The lowest BCUT2D eigenvalue weighted by atomic mass is 10.3. The van der Waals surface area contributed by atoms with Gasteiger partial charge in [0.05, 0.1) is 6.04 Å². The number of amides is 1. The number of hydrogen-bond donors (Lipinski definition) is 3. The molecule has 5 N–H and O–H groups in total. The maximum absolute atomic E-state index is 9.71. The quantitative estimate of drug-likeness (QED) is 0.373. The first-order chi connectivity index (χ1) is 3.85. The van der Waals surface area contributed by atoms with Crippen LogP contribution >= 0.6 is 0 Å². The summed E-state index contributed by atoms with van der Waals surface area (Å²) in [5, 5.41) is 2.45. The van der Waals surface area contributed by atoms with Crippen LogP contribution in [-0.2, 0) is 4.79 Å². The normalized spacial score (nSPS) is 9.38. The van der Waals surface area contributed by atoms with Gasteiger partial charge in [0.25, 0.3) is 0 Å². The lowest BCUT2D eigenvalue weighted by Crippen LogP contribution is -2.41. The van der Waals surface area contributed by atoms with Crippen molar-refractivity contribution in [3.63, 3.8) is 0 Å². The van der Waals surface area contributed by atoms with Gasteiger partial charge in [0.15, 0.2) is 0 Å². The molecule has 0 aromatic heterocycles. The zero-order valence-corrected chi connectivity index (χ0v) is 4.63. The van der Waals surface area contributed by atoms with Gasteiger partial charge in [-0.1, -0.05) is 0 Å². The summed E-state index contributed by atoms with van der Waals surface area (Å²) in [5.74, 6) is 0. The molecule has 0 fully saturated rings. The predicted molar refractivity (Wildman–Crippen MR) is 31.1 cm³/mol. The van der Waals surface area contributed by atoms with E-state index in [-0.39, 0.29) is 6.04 Å². The molecule has 0 bridgehead atoms. The molecule has 0 atom stereocenters. The molecule has 0 saturated heterocycles. The fourth-order valence-corrected chi connectivity index (χ4v) is 0.329. The molecule has 0 aromatic carbocycles. The molecule has 0 radical (unpaired) electrons. The van der Waals surface area contributed by atoms with Crippen LogP contribution in [0.3, 0.4) is 0 Å². The minimum Gasteiger partial charge on any atom is -0.353 e. The molecule has 8 heavy (non-hydrogen) atoms. The van der Waals surface area contributed by atoms with Crippen LogP contribution < -0.4 is 16.8 Å². The Balaban J connectivity index is 3.20. The molecule has 0 aliphatic rings. The second-order valence-electron chi connectivity index (χ2n) is 1.45. The zero-order chi connectivity index (χ0) is 6.41. The van der Waals surface area contributed by atoms with E-state index in [0.717, 1.165) is 0 Å². The third kappa shape index (κ3) is 2.54. The molecule has 0 spiro atoms. The summed E-state index contributed by atoms with van der Waals surface area (Å²) < 4.78 is 0. The van der Waals surface area contributed by atoms with E-state index in [1.807, 2.05) is 0 Å². The summed E-state index contributed by atoms with van der Waals surface area (Å²) in [5.41, 5.74) is 10.3. The van der Waals surface area contributed by atoms with Crippen molar-refractivity contribution in [3.05, 3.63) is 0 Å². The summed E-state index contributed by atoms with van der Waals surface area (Å²) in [4.78, 5) is 9.71. The Morgan fingerprint density at radius 3 is 2.12 bits per heavy atom. The molecule has 0 aliphatic carbocycles. The summed E-state index contributed by atoms with van der Waals surface area (Å²) in [7, 11) is 0. The number of nitrogens with two attached hydrogens (primary N) is 2. The Hall–Kier alpha value is -0.610. The Morgan fingerprint density at radius 1 is 1.50 bits per heavy atom. The summed E-state index contributed by atoms with van der Waals surface area (Å²) >= 11 is 0. The fourth-order valence-electron chi connectivity index (χ4n) is 0.329. The second-order valence-corrected chi connectivity index (χ2v) is 1.45. The van der Waals surface area contributed by atoms with Gasteiger partial charge in [0.1, 0.15) is 0 Å². The van der Waals surface area contributed by atoms with Gasteiger partial charge in [-0.25, -0.2) is 0 Å². The summed E-state index contributed by atoms with van der Waals surface area (Å²) in [6, 6.07) is -0.0625. The first kappa shape index (κ1) is 7.39. The van der Waals surface area contributed by atoms with Crippen LogP contribution in [0.15, 0.2) is 0 Å². The van der Waals surface area contributed by atoms with Gasteiger partial charge in [-0.2, -0.15) is 0 Å². The van der Waals surface area contributed by atoms with Crippen LogP contribution in [0.2, 0.25) is 0 Å². The lowest BCUT2D eigenvalue weighted by Gasteiger charge is -2.08. The molecule has 0 rings (SSSR count). The minimum atomic E-state index is -0.0625. The Kier molecular flexibility index (Phi) is 4.20. The van der Waals surface area contributed by atoms with Crippen molar-refractivity contribution >= 4 is 6.41 Å². The second kappa shape index (κ2) is 4.55. The topological polar surface area (TPSA) is 81.1 Å². The SMILES string of the molecule is NCC(CN)NC=O. The van der Waals surface area contributed by atoms with Crippen LogP contribution in [0, 0.1) is 0 Å². The van der Waals surface area contributed by atoms with Gasteiger partial charge in [0, 0.05) is 13.1 Å². The van der Waals surface area contributed by atoms with Crippen LogP contribution in [0.1, 0.15) is 0 Å². The van der Waals surface area contributed by atoms with Crippen molar-refractivity contribution in [2.45, 2.75) is 6.04 Å². The molecule has 0 aromatic rings. The Labute approximate surface area is 48.2 Å². The van der Waals surface area contributed by atoms with Crippen LogP contribution in [0.4, 0.5) is 0 Å². The largest absolute Gasteiger partial charge is 0.353 e. The first-order valence-corrected chi connectivity index (χ1v) is 2.45. The van der Waals surface area contributed by atoms with E-state index in [1.165, 1.54) is 0 Å². The van der Waals surface area contributed by atoms with Crippen LogP contribution in [0.5, 0.6) is 0 Å². The molecular weight excluding hydrogens is 106 g/mol. The van der Waals surface area contributed by atoms with Crippen molar-refractivity contribution in [3.8, 4) is 0 Å². The van der Waals surface area contributed by atoms with Gasteiger partial charge in [-0.3, -0.25) is 4.79 Å². The maximum atomic E-state index is 9.71. The predicted octanol–water partition coefficient (Wildman–Crippen LogP) is -1.98. The number of nitrogens with one attached hydrogen (secondary N) is 1. The molecular formula is C4H11N3O. The Bertz CT molecular complexity index is 62.3. The van der Waals surface area contributed by atoms with E-state index in [4.69, 9.17) is 11.5 Å². The van der Waals surface area contributed by atoms with Gasteiger partial charge in [0.2, 0.25) is 6.41 Å². The van der Waals surface area contributed by atoms with E-state index in [9.17, 15) is 4.79 Å². The van der Waals surface area contributed by atoms with E-state index >= 15 is 0 Å². The van der Waals surface area contributed by atoms with Gasteiger partial charge >= 0.3 is 0 Å². The van der Waals surface area contributed by atoms with Crippen LogP contribution in [-0.4, -0.2) is 25.5 Å². The molecule has 1 amide bonds. The van der Waals surface area contributed by atoms with Gasteiger partial charge in [-0.15, -0.1) is 0 Å². The molecule has 0 aliphatic heterocycles. The smallest absolute Gasteiger partial charge is 0.207 e. The summed E-state index contributed by atoms with van der Waals surface area (Å²) in [6.45, 7) is 0.796. The third-order valence-electron chi connectivity index (χ3n) is 0.873. The van der Waals surface area contributed by atoms with Crippen molar-refractivity contribution in [2.75, 3.05) is 13.1 Å². The van der Waals surface area contributed by atoms with Crippen molar-refractivity contribution in [1.82, 2.24) is 5.32 Å². The average Bonchev–Trinajstić information content (AvgIpc) is 1.83.